The van der Waals surface area contributed by atoms with Crippen LogP contribution in [0.25, 0.3) is 0 Å². The van der Waals surface area contributed by atoms with Crippen molar-refractivity contribution in [3.8, 4) is 11.8 Å². The fourth-order valence-electron chi connectivity index (χ4n) is 8.00. The van der Waals surface area contributed by atoms with Gasteiger partial charge in [0.1, 0.15) is 24.0 Å². The van der Waals surface area contributed by atoms with E-state index in [2.05, 4.69) is 20.1 Å². The summed E-state index contributed by atoms with van der Waals surface area (Å²) in [6, 6.07) is 13.3. The zero-order valence-corrected chi connectivity index (χ0v) is 34.2. The van der Waals surface area contributed by atoms with Crippen LogP contribution in [0.15, 0.2) is 48.7 Å². The van der Waals surface area contributed by atoms with Gasteiger partial charge < -0.3 is 9.64 Å². The minimum absolute atomic E-state index is 0.00322. The highest BCUT2D eigenvalue weighted by molar-refractivity contribution is 7.81. The van der Waals surface area contributed by atoms with E-state index in [-0.39, 0.29) is 46.7 Å². The molecule has 0 spiro atoms. The summed E-state index contributed by atoms with van der Waals surface area (Å²) >= 11 is 12.1. The van der Waals surface area contributed by atoms with Crippen molar-refractivity contribution in [2.75, 3.05) is 55.7 Å². The van der Waals surface area contributed by atoms with E-state index in [0.717, 1.165) is 78.6 Å². The monoisotopic (exact) mass is 849 g/mol. The van der Waals surface area contributed by atoms with Crippen molar-refractivity contribution in [1.82, 2.24) is 20.1 Å². The summed E-state index contributed by atoms with van der Waals surface area (Å²) in [6.07, 6.45) is -0.388. The second-order valence-corrected chi connectivity index (χ2v) is 16.8. The van der Waals surface area contributed by atoms with E-state index in [4.69, 9.17) is 28.6 Å². The van der Waals surface area contributed by atoms with Crippen LogP contribution >= 0.6 is 23.8 Å². The number of nitriles is 1. The normalized spacial score (nSPS) is 20.2. The predicted molar refractivity (Wildman–Crippen MR) is 217 cm³/mol. The Hall–Kier alpha value is -4.95. The quantitative estimate of drug-likeness (QED) is 0.165. The van der Waals surface area contributed by atoms with Crippen molar-refractivity contribution in [2.24, 2.45) is 5.92 Å². The lowest BCUT2D eigenvalue weighted by Crippen LogP contribution is -2.48. The van der Waals surface area contributed by atoms with Crippen LogP contribution in [0.1, 0.15) is 73.4 Å². The summed E-state index contributed by atoms with van der Waals surface area (Å²) in [6.45, 7) is 7.72. The van der Waals surface area contributed by atoms with Crippen LogP contribution in [-0.2, 0) is 38.2 Å². The molecule has 1 saturated carbocycles. The topological polar surface area (TPSA) is 139 Å². The van der Waals surface area contributed by atoms with Crippen molar-refractivity contribution in [1.29, 1.82) is 5.26 Å². The van der Waals surface area contributed by atoms with Gasteiger partial charge in [-0.25, -0.2) is 4.98 Å². The van der Waals surface area contributed by atoms with Gasteiger partial charge in [0, 0.05) is 62.2 Å². The minimum atomic E-state index is -4.85. The average Bonchev–Trinajstić information content (AvgIpc) is 4.00. The molecule has 1 N–H and O–H groups in total. The minimum Gasteiger partial charge on any atom is -0.492 e. The highest BCUT2D eigenvalue weighted by atomic mass is 35.5. The molecule has 3 saturated heterocycles. The Morgan fingerprint density at radius 1 is 1.02 bits per heavy atom. The van der Waals surface area contributed by atoms with E-state index >= 15 is 0 Å². The molecule has 3 aromatic rings. The molecule has 1 aromatic heterocycles. The van der Waals surface area contributed by atoms with Crippen molar-refractivity contribution in [3.05, 3.63) is 81.6 Å². The number of aromatic nitrogens is 1. The molecule has 0 radical (unpaired) electrons. The molecular weight excluding hydrogens is 807 g/mol. The maximum absolute atomic E-state index is 13.8. The van der Waals surface area contributed by atoms with E-state index in [1.807, 2.05) is 18.2 Å². The summed E-state index contributed by atoms with van der Waals surface area (Å²) in [5, 5.41) is 12.1. The maximum Gasteiger partial charge on any atom is 0.419 e. The van der Waals surface area contributed by atoms with E-state index in [1.165, 1.54) is 6.07 Å². The van der Waals surface area contributed by atoms with Crippen LogP contribution in [0.2, 0.25) is 5.02 Å². The van der Waals surface area contributed by atoms with Gasteiger partial charge in [0.2, 0.25) is 11.8 Å². The molecule has 12 nitrogen and oxygen atoms in total. The number of carbonyl (C=O) groups excluding carboxylic acids is 4. The Bertz CT molecular complexity index is 2240. The first-order valence-corrected chi connectivity index (χ1v) is 20.3. The number of thiocarbonyl (C=S) groups is 1. The number of hydrogen-bond donors (Lipinski definition) is 1. The lowest BCUT2D eigenvalue weighted by atomic mass is 9.90. The van der Waals surface area contributed by atoms with Crippen molar-refractivity contribution >= 4 is 63.8 Å². The number of alkyl halides is 3. The molecule has 0 bridgehead atoms. The summed E-state index contributed by atoms with van der Waals surface area (Å²) in [4.78, 5) is 61.4. The molecule has 7 rings (SSSR count). The van der Waals surface area contributed by atoms with Crippen molar-refractivity contribution in [2.45, 2.75) is 70.0 Å². The molecule has 2 aromatic carbocycles. The SMILES string of the molecule is CC1(C)C(=O)N(c2cnc(C#N)c(C(F)(F)F)c2)C(=S)N1c1ccc(OCCN2CCN(CC(=O)Cc3cc(Cl)cc(CC4CCC(=O)NC4=O)c3)CC2)c(C2CC2)c1. The first-order chi connectivity index (χ1) is 28.0. The predicted octanol–water partition coefficient (Wildman–Crippen LogP) is 5.82. The van der Waals surface area contributed by atoms with E-state index in [0.29, 0.717) is 49.7 Å². The van der Waals surface area contributed by atoms with Gasteiger partial charge in [-0.2, -0.15) is 18.4 Å². The van der Waals surface area contributed by atoms with Gasteiger partial charge in [0.15, 0.2) is 16.6 Å². The van der Waals surface area contributed by atoms with Crippen LogP contribution in [-0.4, -0.2) is 94.8 Å². The summed E-state index contributed by atoms with van der Waals surface area (Å²) in [7, 11) is 0. The molecule has 4 heterocycles. The largest absolute Gasteiger partial charge is 0.492 e. The standard InChI is InChI=1S/C42H43ClF3N7O5S/c1-41(2)39(57)52(31-21-34(42(44,45)46)35(22-47)48-23-31)40(59)53(41)30-6-7-36(33(20-30)27-3-4-27)58-14-13-50-9-11-51(12-10-50)24-32(54)19-26-15-25(17-29(43)18-26)16-28-5-8-37(55)49-38(28)56/h6-7,15,17-18,20-21,23,27-28H,3-5,8-14,16,19,24H2,1-2H3,(H,49,55,56). The number of pyridine rings is 1. The molecule has 59 heavy (non-hydrogen) atoms. The van der Waals surface area contributed by atoms with Crippen LogP contribution < -0.4 is 19.9 Å². The van der Waals surface area contributed by atoms with Crippen molar-refractivity contribution < 1.29 is 37.1 Å². The summed E-state index contributed by atoms with van der Waals surface area (Å²) < 4.78 is 47.6. The van der Waals surface area contributed by atoms with E-state index < -0.39 is 28.9 Å². The summed E-state index contributed by atoms with van der Waals surface area (Å²) in [5.41, 5.74) is -0.211. The molecule has 4 aliphatic rings. The molecule has 1 aliphatic carbocycles. The Balaban J connectivity index is 0.919. The molecular formula is C42H43ClF3N7O5S. The Morgan fingerprint density at radius 3 is 2.41 bits per heavy atom. The number of nitrogens with zero attached hydrogens (tertiary/aromatic N) is 6. The first kappa shape index (κ1) is 42.2. The Labute approximate surface area is 350 Å². The lowest BCUT2D eigenvalue weighted by Gasteiger charge is -2.34. The Morgan fingerprint density at radius 2 is 1.73 bits per heavy atom. The number of hydrogen-bond acceptors (Lipinski definition) is 10. The van der Waals surface area contributed by atoms with Crippen LogP contribution in [0.3, 0.4) is 0 Å². The molecule has 3 aliphatic heterocycles. The number of piperazine rings is 1. The number of benzene rings is 2. The number of ether oxygens (including phenoxy) is 1. The fraction of sp³-hybridized carbons (Fsp3) is 0.452. The molecule has 4 fully saturated rings. The number of amides is 3. The number of Topliss-reactive ketones (excluding diaryl/α,β-unsaturated/α-hetero) is 1. The third-order valence-electron chi connectivity index (χ3n) is 11.3. The average molecular weight is 850 g/mol. The fourth-order valence-corrected chi connectivity index (χ4v) is 8.80. The summed E-state index contributed by atoms with van der Waals surface area (Å²) in [5.74, 6) is -0.313. The van der Waals surface area contributed by atoms with Crippen LogP contribution in [0.5, 0.6) is 5.75 Å². The first-order valence-electron chi connectivity index (χ1n) is 19.5. The van der Waals surface area contributed by atoms with Gasteiger partial charge in [-0.05, 0) is 111 Å². The zero-order valence-electron chi connectivity index (χ0n) is 32.6. The molecule has 17 heteroatoms. The second kappa shape index (κ2) is 17.0. The Kier molecular flexibility index (Phi) is 12.1. The second-order valence-electron chi connectivity index (χ2n) is 16.0. The van der Waals surface area contributed by atoms with Crippen LogP contribution in [0, 0.1) is 17.2 Å². The third kappa shape index (κ3) is 9.44. The number of imide groups is 1. The van der Waals surface area contributed by atoms with Crippen molar-refractivity contribution in [3.63, 3.8) is 0 Å². The number of carbonyl (C=O) groups is 4. The van der Waals surface area contributed by atoms with Gasteiger partial charge in [-0.1, -0.05) is 17.7 Å². The lowest BCUT2D eigenvalue weighted by molar-refractivity contribution is -0.138. The number of rotatable bonds is 13. The highest BCUT2D eigenvalue weighted by Gasteiger charge is 2.51. The van der Waals surface area contributed by atoms with Gasteiger partial charge in [0.25, 0.3) is 5.91 Å². The zero-order chi connectivity index (χ0) is 42.2. The number of nitrogens with one attached hydrogen (secondary N) is 1. The van der Waals surface area contributed by atoms with Gasteiger partial charge in [0.05, 0.1) is 24.0 Å². The number of ketones is 1. The molecule has 3 amide bonds. The molecule has 310 valence electrons. The smallest absolute Gasteiger partial charge is 0.419 e. The number of piperidine rings is 1. The number of anilines is 2. The van der Waals surface area contributed by atoms with Crippen LogP contribution in [0.4, 0.5) is 24.5 Å². The highest BCUT2D eigenvalue weighted by Crippen LogP contribution is 2.47. The van der Waals surface area contributed by atoms with E-state index in [9.17, 15) is 37.6 Å². The number of halogens is 4. The third-order valence-corrected chi connectivity index (χ3v) is 11.8. The molecule has 1 atom stereocenters. The molecule has 1 unspecified atom stereocenters. The van der Waals surface area contributed by atoms with Gasteiger partial charge in [-0.15, -0.1) is 0 Å². The maximum atomic E-state index is 13.8. The van der Waals surface area contributed by atoms with E-state index in [1.54, 1.807) is 36.9 Å². The van der Waals surface area contributed by atoms with Gasteiger partial charge >= 0.3 is 6.18 Å². The van der Waals surface area contributed by atoms with Gasteiger partial charge in [-0.3, -0.25) is 39.2 Å².